The van der Waals surface area contributed by atoms with Gasteiger partial charge in [-0.25, -0.2) is 4.79 Å². The van der Waals surface area contributed by atoms with Crippen molar-refractivity contribution in [2.24, 2.45) is 5.92 Å². The number of benzene rings is 1. The molecule has 21 heavy (non-hydrogen) atoms. The topological polar surface area (TPSA) is 40.5 Å². The van der Waals surface area contributed by atoms with Gasteiger partial charge in [0.2, 0.25) is 0 Å². The van der Waals surface area contributed by atoms with E-state index in [0.29, 0.717) is 18.7 Å². The third kappa shape index (κ3) is 4.24. The summed E-state index contributed by atoms with van der Waals surface area (Å²) in [6.45, 7) is 0.995. The highest BCUT2D eigenvalue weighted by molar-refractivity contribution is 5.65. The van der Waals surface area contributed by atoms with Crippen LogP contribution in [-0.4, -0.2) is 29.2 Å². The number of alkyl halides is 3. The maximum absolute atomic E-state index is 12.4. The smallest absolute Gasteiger partial charge is 0.416 e. The van der Waals surface area contributed by atoms with Gasteiger partial charge in [-0.1, -0.05) is 24.3 Å². The molecule has 0 aromatic heterocycles. The van der Waals surface area contributed by atoms with Crippen LogP contribution in [0.3, 0.4) is 0 Å². The summed E-state index contributed by atoms with van der Waals surface area (Å²) in [5.41, 5.74) is 0.0538. The maximum Gasteiger partial charge on any atom is 0.416 e. The van der Waals surface area contributed by atoms with Crippen LogP contribution in [0.15, 0.2) is 30.3 Å². The summed E-state index contributed by atoms with van der Waals surface area (Å²) >= 11 is 0. The minimum atomic E-state index is -4.31. The number of halogens is 3. The Labute approximate surface area is 120 Å². The van der Waals surface area contributed by atoms with Crippen molar-refractivity contribution in [3.8, 4) is 0 Å². The van der Waals surface area contributed by atoms with Crippen molar-refractivity contribution < 1.29 is 23.1 Å². The van der Waals surface area contributed by atoms with Crippen molar-refractivity contribution in [2.75, 3.05) is 13.1 Å². The summed E-state index contributed by atoms with van der Waals surface area (Å²) in [6, 6.07) is 5.00. The Kier molecular flexibility index (Phi) is 4.55. The molecule has 0 atom stereocenters. The summed E-state index contributed by atoms with van der Waals surface area (Å²) in [5.74, 6) is 0.267. The van der Waals surface area contributed by atoms with E-state index < -0.39 is 17.8 Å². The predicted octanol–water partition coefficient (Wildman–Crippen LogP) is 4.11. The molecule has 1 aliphatic heterocycles. The molecule has 1 fully saturated rings. The molecular weight excluding hydrogens is 283 g/mol. The number of nitrogens with zero attached hydrogens (tertiary/aromatic N) is 1. The average Bonchev–Trinajstić information content (AvgIpc) is 2.45. The molecule has 1 heterocycles. The standard InChI is InChI=1S/C15H16F3NO2/c16-15(17,18)13-5-3-11(4-6-13)1-2-12-7-9-19(10-8-12)14(20)21/h1-6,12H,7-10H2,(H,20,21). The van der Waals surface area contributed by atoms with Gasteiger partial charge in [-0.3, -0.25) is 0 Å². The molecule has 1 saturated heterocycles. The first-order chi connectivity index (χ1) is 9.86. The Morgan fingerprint density at radius 2 is 1.76 bits per heavy atom. The number of carbonyl (C=O) groups is 1. The van der Waals surface area contributed by atoms with Crippen molar-refractivity contribution >= 4 is 12.2 Å². The Morgan fingerprint density at radius 3 is 2.24 bits per heavy atom. The highest BCUT2D eigenvalue weighted by atomic mass is 19.4. The molecule has 2 rings (SSSR count). The third-order valence-electron chi connectivity index (χ3n) is 3.61. The zero-order valence-corrected chi connectivity index (χ0v) is 11.3. The minimum Gasteiger partial charge on any atom is -0.465 e. The van der Waals surface area contributed by atoms with Crippen molar-refractivity contribution in [2.45, 2.75) is 19.0 Å². The van der Waals surface area contributed by atoms with E-state index in [0.717, 1.165) is 25.0 Å². The van der Waals surface area contributed by atoms with Crippen LogP contribution in [0.1, 0.15) is 24.0 Å². The SMILES string of the molecule is O=C(O)N1CCC(C=Cc2ccc(C(F)(F)F)cc2)CC1. The molecule has 0 spiro atoms. The van der Waals surface area contributed by atoms with Crippen molar-refractivity contribution in [3.05, 3.63) is 41.5 Å². The van der Waals surface area contributed by atoms with E-state index in [1.54, 1.807) is 6.08 Å². The van der Waals surface area contributed by atoms with E-state index in [9.17, 15) is 18.0 Å². The second-order valence-electron chi connectivity index (χ2n) is 5.09. The first kappa shape index (κ1) is 15.4. The second kappa shape index (κ2) is 6.20. The normalized spacial score (nSPS) is 17.4. The lowest BCUT2D eigenvalue weighted by Crippen LogP contribution is -2.36. The van der Waals surface area contributed by atoms with E-state index in [-0.39, 0.29) is 5.92 Å². The van der Waals surface area contributed by atoms with Crippen LogP contribution in [0.4, 0.5) is 18.0 Å². The average molecular weight is 299 g/mol. The molecule has 1 N–H and O–H groups in total. The number of hydrogen-bond donors (Lipinski definition) is 1. The Hall–Kier alpha value is -1.98. The van der Waals surface area contributed by atoms with Gasteiger partial charge < -0.3 is 10.0 Å². The molecule has 3 nitrogen and oxygen atoms in total. The van der Waals surface area contributed by atoms with Crippen molar-refractivity contribution in [1.29, 1.82) is 0 Å². The van der Waals surface area contributed by atoms with E-state index in [2.05, 4.69) is 0 Å². The number of piperidine rings is 1. The lowest BCUT2D eigenvalue weighted by atomic mass is 9.96. The van der Waals surface area contributed by atoms with E-state index in [1.807, 2.05) is 6.08 Å². The molecule has 1 aromatic rings. The van der Waals surface area contributed by atoms with Crippen LogP contribution >= 0.6 is 0 Å². The number of likely N-dealkylation sites (tertiary alicyclic amines) is 1. The van der Waals surface area contributed by atoms with E-state index >= 15 is 0 Å². The molecule has 0 unspecified atom stereocenters. The molecule has 0 bridgehead atoms. The van der Waals surface area contributed by atoms with Crippen LogP contribution in [-0.2, 0) is 6.18 Å². The van der Waals surface area contributed by atoms with Crippen LogP contribution in [0, 0.1) is 5.92 Å². The zero-order valence-electron chi connectivity index (χ0n) is 11.3. The molecule has 114 valence electrons. The van der Waals surface area contributed by atoms with Crippen LogP contribution in [0.25, 0.3) is 6.08 Å². The molecule has 1 aliphatic rings. The Balaban J connectivity index is 1.92. The van der Waals surface area contributed by atoms with Gasteiger partial charge >= 0.3 is 12.3 Å². The first-order valence-electron chi connectivity index (χ1n) is 6.69. The summed E-state index contributed by atoms with van der Waals surface area (Å²) in [7, 11) is 0. The van der Waals surface area contributed by atoms with Crippen molar-refractivity contribution in [1.82, 2.24) is 4.90 Å². The number of hydrogen-bond acceptors (Lipinski definition) is 1. The van der Waals surface area contributed by atoms with Gasteiger partial charge in [0.25, 0.3) is 0 Å². The number of carboxylic acid groups (broad SMARTS) is 1. The van der Waals surface area contributed by atoms with Gasteiger partial charge in [0.05, 0.1) is 5.56 Å². The monoisotopic (exact) mass is 299 g/mol. The van der Waals surface area contributed by atoms with Gasteiger partial charge in [-0.05, 0) is 36.5 Å². The molecule has 0 aliphatic carbocycles. The van der Waals surface area contributed by atoms with Gasteiger partial charge in [0, 0.05) is 13.1 Å². The summed E-state index contributed by atoms with van der Waals surface area (Å²) < 4.78 is 37.3. The lowest BCUT2D eigenvalue weighted by molar-refractivity contribution is -0.137. The summed E-state index contributed by atoms with van der Waals surface area (Å²) in [6.07, 6.45) is 0.00195. The Morgan fingerprint density at radius 1 is 1.19 bits per heavy atom. The largest absolute Gasteiger partial charge is 0.465 e. The fraction of sp³-hybridized carbons (Fsp3) is 0.400. The maximum atomic E-state index is 12.4. The highest BCUT2D eigenvalue weighted by Crippen LogP contribution is 2.29. The third-order valence-corrected chi connectivity index (χ3v) is 3.61. The van der Waals surface area contributed by atoms with Crippen LogP contribution in [0.5, 0.6) is 0 Å². The van der Waals surface area contributed by atoms with Gasteiger partial charge in [0.1, 0.15) is 0 Å². The lowest BCUT2D eigenvalue weighted by Gasteiger charge is -2.28. The molecule has 1 aromatic carbocycles. The van der Waals surface area contributed by atoms with Crippen LogP contribution < -0.4 is 0 Å². The number of amides is 1. The molecule has 0 radical (unpaired) electrons. The molecule has 1 amide bonds. The second-order valence-corrected chi connectivity index (χ2v) is 5.09. The van der Waals surface area contributed by atoms with E-state index in [1.165, 1.54) is 17.0 Å². The molecule has 0 saturated carbocycles. The predicted molar refractivity (Wildman–Crippen MR) is 72.8 cm³/mol. The summed E-state index contributed by atoms with van der Waals surface area (Å²) in [5, 5.41) is 8.84. The number of rotatable bonds is 2. The minimum absolute atomic E-state index is 0.267. The molecular formula is C15H16F3NO2. The summed E-state index contributed by atoms with van der Waals surface area (Å²) in [4.78, 5) is 12.1. The Bertz CT molecular complexity index is 515. The first-order valence-corrected chi connectivity index (χ1v) is 6.69. The highest BCUT2D eigenvalue weighted by Gasteiger charge is 2.29. The van der Waals surface area contributed by atoms with Gasteiger partial charge in [-0.2, -0.15) is 13.2 Å². The number of allylic oxidation sites excluding steroid dienone is 1. The van der Waals surface area contributed by atoms with Crippen molar-refractivity contribution in [3.63, 3.8) is 0 Å². The van der Waals surface area contributed by atoms with Gasteiger partial charge in [-0.15, -0.1) is 0 Å². The fourth-order valence-corrected chi connectivity index (χ4v) is 2.31. The molecule has 6 heteroatoms. The fourth-order valence-electron chi connectivity index (χ4n) is 2.31. The van der Waals surface area contributed by atoms with Crippen LogP contribution in [0.2, 0.25) is 0 Å². The quantitative estimate of drug-likeness (QED) is 0.892. The zero-order chi connectivity index (χ0) is 15.5. The van der Waals surface area contributed by atoms with Gasteiger partial charge in [0.15, 0.2) is 0 Å². The van der Waals surface area contributed by atoms with E-state index in [4.69, 9.17) is 5.11 Å².